The van der Waals surface area contributed by atoms with Gasteiger partial charge in [-0.25, -0.2) is 4.98 Å². The van der Waals surface area contributed by atoms with Gasteiger partial charge in [0, 0.05) is 18.1 Å². The molecule has 2 rings (SSSR count). The van der Waals surface area contributed by atoms with Crippen LogP contribution in [0.25, 0.3) is 0 Å². The predicted molar refractivity (Wildman–Crippen MR) is 72.6 cm³/mol. The van der Waals surface area contributed by atoms with Crippen molar-refractivity contribution in [1.29, 1.82) is 0 Å². The van der Waals surface area contributed by atoms with Gasteiger partial charge in [-0.2, -0.15) is 0 Å². The van der Waals surface area contributed by atoms with Gasteiger partial charge in [0.15, 0.2) is 0 Å². The summed E-state index contributed by atoms with van der Waals surface area (Å²) in [6.07, 6.45) is 1.67. The van der Waals surface area contributed by atoms with Crippen LogP contribution in [0.5, 0.6) is 0 Å². The summed E-state index contributed by atoms with van der Waals surface area (Å²) in [6, 6.07) is 12.9. The SMILES string of the molecule is CC(=O)N(Cc1ccc(Cl)cc1)c1ccccn1. The first-order valence-corrected chi connectivity index (χ1v) is 5.98. The Labute approximate surface area is 111 Å². The molecule has 0 spiro atoms. The van der Waals surface area contributed by atoms with E-state index in [0.717, 1.165) is 5.56 Å². The molecule has 0 saturated heterocycles. The van der Waals surface area contributed by atoms with Gasteiger partial charge in [-0.05, 0) is 29.8 Å². The molecule has 3 nitrogen and oxygen atoms in total. The first-order valence-electron chi connectivity index (χ1n) is 5.60. The number of rotatable bonds is 3. The number of hydrogen-bond acceptors (Lipinski definition) is 2. The third-order valence-electron chi connectivity index (χ3n) is 2.56. The van der Waals surface area contributed by atoms with Crippen LogP contribution in [0.4, 0.5) is 5.82 Å². The van der Waals surface area contributed by atoms with Crippen LogP contribution in [-0.2, 0) is 11.3 Å². The van der Waals surface area contributed by atoms with E-state index in [1.807, 2.05) is 42.5 Å². The Morgan fingerprint density at radius 3 is 2.50 bits per heavy atom. The lowest BCUT2D eigenvalue weighted by Gasteiger charge is -2.20. The molecular weight excluding hydrogens is 248 g/mol. The quantitative estimate of drug-likeness (QED) is 0.848. The molecule has 0 bridgehead atoms. The molecule has 92 valence electrons. The molecule has 0 aliphatic carbocycles. The number of pyridine rings is 1. The number of benzene rings is 1. The molecule has 0 saturated carbocycles. The van der Waals surface area contributed by atoms with Gasteiger partial charge in [-0.3, -0.25) is 9.69 Å². The number of carbonyl (C=O) groups excluding carboxylic acids is 1. The zero-order valence-electron chi connectivity index (χ0n) is 10.0. The second kappa shape index (κ2) is 5.65. The molecule has 1 aromatic heterocycles. The third kappa shape index (κ3) is 3.08. The molecule has 0 aliphatic rings. The number of anilines is 1. The van der Waals surface area contributed by atoms with Crippen LogP contribution in [0.15, 0.2) is 48.7 Å². The third-order valence-corrected chi connectivity index (χ3v) is 2.81. The summed E-state index contributed by atoms with van der Waals surface area (Å²) >= 11 is 5.83. The maximum absolute atomic E-state index is 11.7. The molecule has 1 heterocycles. The maximum Gasteiger partial charge on any atom is 0.225 e. The monoisotopic (exact) mass is 260 g/mol. The molecule has 0 fully saturated rings. The molecule has 0 aliphatic heterocycles. The normalized spacial score (nSPS) is 10.1. The Morgan fingerprint density at radius 2 is 1.94 bits per heavy atom. The highest BCUT2D eigenvalue weighted by Crippen LogP contribution is 2.16. The number of halogens is 1. The lowest BCUT2D eigenvalue weighted by atomic mass is 10.2. The van der Waals surface area contributed by atoms with Gasteiger partial charge in [0.25, 0.3) is 0 Å². The van der Waals surface area contributed by atoms with Crippen LogP contribution in [-0.4, -0.2) is 10.9 Å². The zero-order valence-corrected chi connectivity index (χ0v) is 10.8. The fourth-order valence-corrected chi connectivity index (χ4v) is 1.77. The summed E-state index contributed by atoms with van der Waals surface area (Å²) in [5.74, 6) is 0.614. The fraction of sp³-hybridized carbons (Fsp3) is 0.143. The molecule has 4 heteroatoms. The summed E-state index contributed by atoms with van der Waals surface area (Å²) in [6.45, 7) is 2.02. The minimum atomic E-state index is -0.0383. The number of hydrogen-bond donors (Lipinski definition) is 0. The number of amides is 1. The van der Waals surface area contributed by atoms with Crippen LogP contribution < -0.4 is 4.90 Å². The van der Waals surface area contributed by atoms with Crippen molar-refractivity contribution >= 4 is 23.3 Å². The highest BCUT2D eigenvalue weighted by Gasteiger charge is 2.12. The fourth-order valence-electron chi connectivity index (χ4n) is 1.64. The van der Waals surface area contributed by atoms with Crippen molar-refractivity contribution in [2.75, 3.05) is 4.90 Å². The van der Waals surface area contributed by atoms with Gasteiger partial charge >= 0.3 is 0 Å². The summed E-state index contributed by atoms with van der Waals surface area (Å²) < 4.78 is 0. The van der Waals surface area contributed by atoms with Crippen molar-refractivity contribution < 1.29 is 4.79 Å². The van der Waals surface area contributed by atoms with Crippen LogP contribution >= 0.6 is 11.6 Å². The Kier molecular flexibility index (Phi) is 3.95. The minimum Gasteiger partial charge on any atom is -0.293 e. The van der Waals surface area contributed by atoms with Crippen molar-refractivity contribution in [3.05, 3.63) is 59.2 Å². The van der Waals surface area contributed by atoms with Gasteiger partial charge in [0.1, 0.15) is 5.82 Å². The minimum absolute atomic E-state index is 0.0383. The predicted octanol–water partition coefficient (Wildman–Crippen LogP) is 3.29. The molecule has 1 aromatic carbocycles. The van der Waals surface area contributed by atoms with Crippen LogP contribution in [0, 0.1) is 0 Å². The van der Waals surface area contributed by atoms with Crippen molar-refractivity contribution in [3.8, 4) is 0 Å². The Bertz CT molecular complexity index is 525. The van der Waals surface area contributed by atoms with E-state index in [0.29, 0.717) is 17.4 Å². The molecule has 0 N–H and O–H groups in total. The van der Waals surface area contributed by atoms with Gasteiger partial charge in [-0.1, -0.05) is 29.8 Å². The molecular formula is C14H13ClN2O. The highest BCUT2D eigenvalue weighted by molar-refractivity contribution is 6.30. The Balaban J connectivity index is 2.22. The Morgan fingerprint density at radius 1 is 1.22 bits per heavy atom. The van der Waals surface area contributed by atoms with Gasteiger partial charge in [-0.15, -0.1) is 0 Å². The molecule has 0 unspecified atom stereocenters. The van der Waals surface area contributed by atoms with E-state index in [-0.39, 0.29) is 5.91 Å². The van der Waals surface area contributed by atoms with E-state index in [1.54, 1.807) is 11.1 Å². The van der Waals surface area contributed by atoms with Crippen molar-refractivity contribution in [2.24, 2.45) is 0 Å². The van der Waals surface area contributed by atoms with E-state index in [2.05, 4.69) is 4.98 Å². The van der Waals surface area contributed by atoms with E-state index < -0.39 is 0 Å². The highest BCUT2D eigenvalue weighted by atomic mass is 35.5. The van der Waals surface area contributed by atoms with E-state index >= 15 is 0 Å². The maximum atomic E-state index is 11.7. The number of aromatic nitrogens is 1. The first-order chi connectivity index (χ1) is 8.66. The standard InChI is InChI=1S/C14H13ClN2O/c1-11(18)17(14-4-2-3-9-16-14)10-12-5-7-13(15)8-6-12/h2-9H,10H2,1H3. The van der Waals surface area contributed by atoms with Crippen LogP contribution in [0.1, 0.15) is 12.5 Å². The number of nitrogens with zero attached hydrogens (tertiary/aromatic N) is 2. The lowest BCUT2D eigenvalue weighted by Crippen LogP contribution is -2.28. The average molecular weight is 261 g/mol. The second-order valence-electron chi connectivity index (χ2n) is 3.92. The van der Waals surface area contributed by atoms with Crippen LogP contribution in [0.3, 0.4) is 0 Å². The van der Waals surface area contributed by atoms with E-state index in [9.17, 15) is 4.79 Å². The second-order valence-corrected chi connectivity index (χ2v) is 4.36. The summed E-state index contributed by atoms with van der Waals surface area (Å²) in [5, 5.41) is 0.686. The molecule has 0 radical (unpaired) electrons. The van der Waals surface area contributed by atoms with Gasteiger partial charge in [0.2, 0.25) is 5.91 Å². The summed E-state index contributed by atoms with van der Waals surface area (Å²) in [4.78, 5) is 17.5. The first kappa shape index (κ1) is 12.6. The smallest absolute Gasteiger partial charge is 0.225 e. The van der Waals surface area contributed by atoms with Gasteiger partial charge in [0.05, 0.1) is 6.54 Å². The van der Waals surface area contributed by atoms with Crippen molar-refractivity contribution in [3.63, 3.8) is 0 Å². The average Bonchev–Trinajstić information content (AvgIpc) is 2.38. The molecule has 18 heavy (non-hydrogen) atoms. The van der Waals surface area contributed by atoms with Crippen molar-refractivity contribution in [2.45, 2.75) is 13.5 Å². The summed E-state index contributed by atoms with van der Waals surface area (Å²) in [7, 11) is 0. The van der Waals surface area contributed by atoms with Crippen LogP contribution in [0.2, 0.25) is 5.02 Å². The molecule has 1 amide bonds. The van der Waals surface area contributed by atoms with Crippen molar-refractivity contribution in [1.82, 2.24) is 4.98 Å². The summed E-state index contributed by atoms with van der Waals surface area (Å²) in [5.41, 5.74) is 1.01. The molecule has 2 aromatic rings. The Hall–Kier alpha value is -1.87. The largest absolute Gasteiger partial charge is 0.293 e. The van der Waals surface area contributed by atoms with E-state index in [4.69, 9.17) is 11.6 Å². The van der Waals surface area contributed by atoms with E-state index in [1.165, 1.54) is 6.92 Å². The lowest BCUT2D eigenvalue weighted by molar-refractivity contribution is -0.116. The number of carbonyl (C=O) groups is 1. The topological polar surface area (TPSA) is 33.2 Å². The zero-order chi connectivity index (χ0) is 13.0. The molecule has 0 atom stereocenters. The van der Waals surface area contributed by atoms with Gasteiger partial charge < -0.3 is 0 Å².